The second kappa shape index (κ2) is 8.13. The van der Waals surface area contributed by atoms with Crippen molar-refractivity contribution in [3.63, 3.8) is 0 Å². The number of benzene rings is 3. The van der Waals surface area contributed by atoms with E-state index in [1.807, 2.05) is 24.3 Å². The number of hydrogen-bond acceptors (Lipinski definition) is 4. The summed E-state index contributed by atoms with van der Waals surface area (Å²) in [5, 5.41) is 11.5. The monoisotopic (exact) mass is 397 g/mol. The number of fused-ring (bicyclic) bond motifs is 1. The normalized spacial score (nSPS) is 11.2. The van der Waals surface area contributed by atoms with Crippen molar-refractivity contribution in [2.24, 2.45) is 0 Å². The molecular weight excluding hydrogens is 378 g/mol. The summed E-state index contributed by atoms with van der Waals surface area (Å²) in [6.07, 6.45) is 4.66. The minimum Gasteiger partial charge on any atom is -0.268 e. The van der Waals surface area contributed by atoms with Gasteiger partial charge >= 0.3 is 0 Å². The lowest BCUT2D eigenvalue weighted by Gasteiger charge is -2.11. The zero-order chi connectivity index (χ0) is 21.1. The average Bonchev–Trinajstić information content (AvgIpc) is 2.78. The highest BCUT2D eigenvalue weighted by molar-refractivity contribution is 5.80. The van der Waals surface area contributed by atoms with Crippen LogP contribution in [0.15, 0.2) is 77.6 Å². The van der Waals surface area contributed by atoms with Gasteiger partial charge in [0.2, 0.25) is 0 Å². The highest BCUT2D eigenvalue weighted by atomic mass is 16.6. The fraction of sp³-hybridized carbons (Fsp3) is 0.0833. The van der Waals surface area contributed by atoms with Crippen LogP contribution in [-0.2, 0) is 6.42 Å². The first kappa shape index (κ1) is 19.3. The molecule has 6 nitrogen and oxygen atoms in total. The fourth-order valence-electron chi connectivity index (χ4n) is 3.27. The maximum atomic E-state index is 13.2. The second-order valence-electron chi connectivity index (χ2n) is 6.83. The van der Waals surface area contributed by atoms with Gasteiger partial charge in [0.15, 0.2) is 0 Å². The first-order chi connectivity index (χ1) is 14.6. The minimum absolute atomic E-state index is 0.0337. The van der Waals surface area contributed by atoms with E-state index in [0.29, 0.717) is 22.4 Å². The Kier molecular flexibility index (Phi) is 5.22. The molecule has 4 rings (SSSR count). The zero-order valence-electron chi connectivity index (χ0n) is 16.4. The highest BCUT2D eigenvalue weighted by Gasteiger charge is 2.12. The third-order valence-corrected chi connectivity index (χ3v) is 4.93. The highest BCUT2D eigenvalue weighted by Crippen LogP contribution is 2.18. The Labute approximate surface area is 172 Å². The summed E-state index contributed by atoms with van der Waals surface area (Å²) in [6.45, 7) is 2.10. The number of nitrogens with zero attached hydrogens (tertiary/aromatic N) is 3. The zero-order valence-corrected chi connectivity index (χ0v) is 16.4. The molecule has 0 unspecified atom stereocenters. The molecule has 0 atom stereocenters. The van der Waals surface area contributed by atoms with Crippen molar-refractivity contribution in [3.05, 3.63) is 110 Å². The molecule has 0 saturated heterocycles. The van der Waals surface area contributed by atoms with Gasteiger partial charge in [0.1, 0.15) is 5.82 Å². The SMILES string of the molecule is CCc1ccc(C=Cc2nc3ccccc3c(=O)n2-c2ccc([N+](=O)[O-])cc2)cc1. The molecule has 0 N–H and O–H groups in total. The minimum atomic E-state index is -0.466. The predicted molar refractivity (Wildman–Crippen MR) is 119 cm³/mol. The van der Waals surface area contributed by atoms with Gasteiger partial charge < -0.3 is 0 Å². The maximum absolute atomic E-state index is 13.2. The summed E-state index contributed by atoms with van der Waals surface area (Å²) in [5.41, 5.74) is 3.10. The van der Waals surface area contributed by atoms with Crippen LogP contribution in [0.3, 0.4) is 0 Å². The van der Waals surface area contributed by atoms with Crippen LogP contribution in [0.2, 0.25) is 0 Å². The van der Waals surface area contributed by atoms with Gasteiger partial charge in [-0.3, -0.25) is 19.5 Å². The fourth-order valence-corrected chi connectivity index (χ4v) is 3.27. The van der Waals surface area contributed by atoms with Gasteiger partial charge in [-0.05, 0) is 47.9 Å². The average molecular weight is 397 g/mol. The summed E-state index contributed by atoms with van der Waals surface area (Å²) in [4.78, 5) is 28.4. The molecule has 0 fully saturated rings. The van der Waals surface area contributed by atoms with Crippen molar-refractivity contribution in [2.75, 3.05) is 0 Å². The van der Waals surface area contributed by atoms with Crippen molar-refractivity contribution in [2.45, 2.75) is 13.3 Å². The Morgan fingerprint density at radius 2 is 1.67 bits per heavy atom. The molecule has 0 saturated carbocycles. The predicted octanol–water partition coefficient (Wildman–Crippen LogP) is 5.03. The Bertz CT molecular complexity index is 1300. The number of rotatable bonds is 5. The maximum Gasteiger partial charge on any atom is 0.269 e. The Hall–Kier alpha value is -4.06. The van der Waals surface area contributed by atoms with Gasteiger partial charge in [0.25, 0.3) is 11.2 Å². The van der Waals surface area contributed by atoms with Gasteiger partial charge in [-0.25, -0.2) is 4.98 Å². The molecular formula is C24H19N3O3. The van der Waals surface area contributed by atoms with E-state index in [1.54, 1.807) is 36.4 Å². The molecule has 30 heavy (non-hydrogen) atoms. The van der Waals surface area contributed by atoms with Gasteiger partial charge in [0, 0.05) is 12.1 Å². The number of nitro groups is 1. The van der Waals surface area contributed by atoms with Crippen molar-refractivity contribution < 1.29 is 4.92 Å². The largest absolute Gasteiger partial charge is 0.269 e. The molecule has 0 amide bonds. The molecule has 148 valence electrons. The molecule has 6 heteroatoms. The molecule has 0 radical (unpaired) electrons. The lowest BCUT2D eigenvalue weighted by molar-refractivity contribution is -0.384. The quantitative estimate of drug-likeness (QED) is 0.350. The molecule has 0 aliphatic rings. The van der Waals surface area contributed by atoms with Crippen molar-refractivity contribution >= 4 is 28.7 Å². The smallest absolute Gasteiger partial charge is 0.268 e. The molecule has 0 aliphatic carbocycles. The molecule has 3 aromatic carbocycles. The van der Waals surface area contributed by atoms with Crippen LogP contribution in [0.1, 0.15) is 23.9 Å². The van der Waals surface area contributed by atoms with E-state index in [2.05, 4.69) is 24.0 Å². The Morgan fingerprint density at radius 1 is 0.967 bits per heavy atom. The van der Waals surface area contributed by atoms with E-state index < -0.39 is 4.92 Å². The first-order valence-electron chi connectivity index (χ1n) is 9.60. The van der Waals surface area contributed by atoms with Crippen LogP contribution < -0.4 is 5.56 Å². The molecule has 0 spiro atoms. The summed E-state index contributed by atoms with van der Waals surface area (Å²) in [7, 11) is 0. The van der Waals surface area contributed by atoms with Crippen LogP contribution in [0.25, 0.3) is 28.7 Å². The lowest BCUT2D eigenvalue weighted by Crippen LogP contribution is -2.22. The number of hydrogen-bond donors (Lipinski definition) is 0. The first-order valence-corrected chi connectivity index (χ1v) is 9.60. The van der Waals surface area contributed by atoms with E-state index in [4.69, 9.17) is 0 Å². The standard InChI is InChI=1S/C24H19N3O3/c1-2-17-7-9-18(10-8-17)11-16-23-25-22-6-4-3-5-21(22)24(28)26(23)19-12-14-20(15-13-19)27(29)30/h3-16H,2H2,1H3. The van der Waals surface area contributed by atoms with Crippen molar-refractivity contribution in [1.29, 1.82) is 0 Å². The van der Waals surface area contributed by atoms with Gasteiger partial charge in [-0.15, -0.1) is 0 Å². The topological polar surface area (TPSA) is 78.0 Å². The van der Waals surface area contributed by atoms with Gasteiger partial charge in [0.05, 0.1) is 21.5 Å². The Morgan fingerprint density at radius 3 is 2.33 bits per heavy atom. The van der Waals surface area contributed by atoms with E-state index in [9.17, 15) is 14.9 Å². The number of nitro benzene ring substituents is 1. The van der Waals surface area contributed by atoms with Gasteiger partial charge in [-0.2, -0.15) is 0 Å². The van der Waals surface area contributed by atoms with Crippen LogP contribution >= 0.6 is 0 Å². The summed E-state index contributed by atoms with van der Waals surface area (Å²) in [6, 6.07) is 21.2. The van der Waals surface area contributed by atoms with Gasteiger partial charge in [-0.1, -0.05) is 49.4 Å². The van der Waals surface area contributed by atoms with Crippen molar-refractivity contribution in [1.82, 2.24) is 9.55 Å². The van der Waals surface area contributed by atoms with E-state index in [-0.39, 0.29) is 11.2 Å². The van der Waals surface area contributed by atoms with Crippen LogP contribution in [0.5, 0.6) is 0 Å². The molecule has 1 heterocycles. The third-order valence-electron chi connectivity index (χ3n) is 4.93. The number of non-ortho nitro benzene ring substituents is 1. The lowest BCUT2D eigenvalue weighted by atomic mass is 10.1. The van der Waals surface area contributed by atoms with E-state index in [0.717, 1.165) is 12.0 Å². The van der Waals surface area contributed by atoms with Crippen LogP contribution in [0, 0.1) is 10.1 Å². The van der Waals surface area contributed by atoms with Crippen LogP contribution in [-0.4, -0.2) is 14.5 Å². The van der Waals surface area contributed by atoms with Crippen LogP contribution in [0.4, 0.5) is 5.69 Å². The molecule has 0 bridgehead atoms. The van der Waals surface area contributed by atoms with Crippen molar-refractivity contribution in [3.8, 4) is 5.69 Å². The second-order valence-corrected chi connectivity index (χ2v) is 6.83. The molecule has 1 aromatic heterocycles. The van der Waals surface area contributed by atoms with E-state index in [1.165, 1.54) is 22.3 Å². The molecule has 0 aliphatic heterocycles. The third kappa shape index (κ3) is 3.75. The molecule has 4 aromatic rings. The summed E-state index contributed by atoms with van der Waals surface area (Å²) < 4.78 is 1.48. The number of aryl methyl sites for hydroxylation is 1. The number of para-hydroxylation sites is 1. The van der Waals surface area contributed by atoms with E-state index >= 15 is 0 Å². The number of aromatic nitrogens is 2. The summed E-state index contributed by atoms with van der Waals surface area (Å²) in [5.74, 6) is 0.451. The Balaban J connectivity index is 1.86. The summed E-state index contributed by atoms with van der Waals surface area (Å²) >= 11 is 0.